The number of esters is 1. The largest absolute Gasteiger partial charge is 0.478 e. The van der Waals surface area contributed by atoms with Crippen molar-refractivity contribution in [1.29, 1.82) is 0 Å². The van der Waals surface area contributed by atoms with Gasteiger partial charge in [0.05, 0.1) is 24.8 Å². The van der Waals surface area contributed by atoms with E-state index in [1.807, 2.05) is 0 Å². The Bertz CT molecular complexity index is 679. The molecule has 1 aromatic carbocycles. The van der Waals surface area contributed by atoms with Gasteiger partial charge in [0.2, 0.25) is 0 Å². The number of carbonyl (C=O) groups is 3. The minimum Gasteiger partial charge on any atom is -0.478 e. The minimum atomic E-state index is -1.15. The molecule has 1 aromatic rings. The second-order valence-electron chi connectivity index (χ2n) is 4.38. The number of ether oxygens (including phenoxy) is 1. The fraction of sp³-hybridized carbons (Fsp3) is 0.188. The molecule has 2 N–H and O–H groups in total. The molecule has 23 heavy (non-hydrogen) atoms. The molecule has 0 atom stereocenters. The van der Waals surface area contributed by atoms with Crippen LogP contribution < -0.4 is 5.32 Å². The lowest BCUT2D eigenvalue weighted by Crippen LogP contribution is -2.16. The lowest BCUT2D eigenvalue weighted by molar-refractivity contribution is -0.139. The molecular formula is C16H16BrNO5. The maximum atomic E-state index is 12.2. The van der Waals surface area contributed by atoms with Crippen LogP contribution >= 0.6 is 15.9 Å². The van der Waals surface area contributed by atoms with Crippen molar-refractivity contribution >= 4 is 39.5 Å². The normalized spacial score (nSPS) is 11.3. The number of carbonyl (C=O) groups excluding carboxylic acids is 2. The Labute approximate surface area is 142 Å². The molecule has 0 spiro atoms. The number of anilines is 1. The number of hydrogen-bond donors (Lipinski definition) is 2. The van der Waals surface area contributed by atoms with Crippen LogP contribution in [-0.4, -0.2) is 30.1 Å². The Morgan fingerprint density at radius 3 is 2.61 bits per heavy atom. The van der Waals surface area contributed by atoms with Gasteiger partial charge in [0.25, 0.3) is 5.91 Å². The molecule has 0 heterocycles. The van der Waals surface area contributed by atoms with Gasteiger partial charge in [-0.15, -0.1) is 0 Å². The van der Waals surface area contributed by atoms with Gasteiger partial charge in [-0.2, -0.15) is 0 Å². The second-order valence-corrected chi connectivity index (χ2v) is 5.29. The van der Waals surface area contributed by atoms with Crippen LogP contribution in [0.1, 0.15) is 23.7 Å². The van der Waals surface area contributed by atoms with Gasteiger partial charge >= 0.3 is 11.9 Å². The fourth-order valence-corrected chi connectivity index (χ4v) is 2.03. The van der Waals surface area contributed by atoms with E-state index >= 15 is 0 Å². The van der Waals surface area contributed by atoms with Gasteiger partial charge in [-0.05, 0) is 25.1 Å². The van der Waals surface area contributed by atoms with Crippen molar-refractivity contribution in [2.75, 3.05) is 12.4 Å². The molecular weight excluding hydrogens is 366 g/mol. The summed E-state index contributed by atoms with van der Waals surface area (Å²) in [5.74, 6) is -2.04. The van der Waals surface area contributed by atoms with Crippen molar-refractivity contribution in [3.8, 4) is 0 Å². The van der Waals surface area contributed by atoms with Crippen molar-refractivity contribution < 1.29 is 24.2 Å². The molecule has 0 saturated carbocycles. The first-order valence-corrected chi connectivity index (χ1v) is 7.42. The standard InChI is InChI=1S/C16H16BrNO5/c1-3-10(5-4-6-14(19)23-2)15(20)18-13-8-7-11(17)9-12(13)16(21)22/h3-5,7-9H,6H2,1-2H3,(H,18,20)(H,21,22)/b5-4-,10-3+. The summed E-state index contributed by atoms with van der Waals surface area (Å²) >= 11 is 3.19. The van der Waals surface area contributed by atoms with Gasteiger partial charge in [-0.25, -0.2) is 4.79 Å². The highest BCUT2D eigenvalue weighted by atomic mass is 79.9. The number of carboxylic acids is 1. The van der Waals surface area contributed by atoms with Crippen LogP contribution in [0.4, 0.5) is 5.69 Å². The topological polar surface area (TPSA) is 92.7 Å². The van der Waals surface area contributed by atoms with Gasteiger partial charge in [-0.1, -0.05) is 34.2 Å². The molecule has 0 aliphatic rings. The van der Waals surface area contributed by atoms with Crippen LogP contribution in [0.25, 0.3) is 0 Å². The SMILES string of the molecule is C/C=C(\C=C/CC(=O)OC)C(=O)Nc1ccc(Br)cc1C(=O)O. The van der Waals surface area contributed by atoms with Gasteiger partial charge in [0.15, 0.2) is 0 Å². The predicted molar refractivity (Wildman–Crippen MR) is 89.3 cm³/mol. The number of amides is 1. The second kappa shape index (κ2) is 8.89. The summed E-state index contributed by atoms with van der Waals surface area (Å²) in [5.41, 5.74) is 0.460. The van der Waals surface area contributed by atoms with E-state index < -0.39 is 17.8 Å². The van der Waals surface area contributed by atoms with Gasteiger partial charge in [-0.3, -0.25) is 9.59 Å². The van der Waals surface area contributed by atoms with E-state index in [1.54, 1.807) is 19.1 Å². The van der Waals surface area contributed by atoms with Crippen LogP contribution in [0, 0.1) is 0 Å². The summed E-state index contributed by atoms with van der Waals surface area (Å²) in [6.45, 7) is 1.66. The Morgan fingerprint density at radius 2 is 2.04 bits per heavy atom. The third-order valence-corrected chi connectivity index (χ3v) is 3.34. The van der Waals surface area contributed by atoms with Gasteiger partial charge in [0.1, 0.15) is 0 Å². The van der Waals surface area contributed by atoms with E-state index in [-0.39, 0.29) is 17.7 Å². The lowest BCUT2D eigenvalue weighted by Gasteiger charge is -2.09. The van der Waals surface area contributed by atoms with E-state index in [0.29, 0.717) is 10.0 Å². The van der Waals surface area contributed by atoms with E-state index in [2.05, 4.69) is 26.0 Å². The molecule has 0 radical (unpaired) electrons. The Kier molecular flexibility index (Phi) is 7.21. The molecule has 6 nitrogen and oxygen atoms in total. The van der Waals surface area contributed by atoms with Gasteiger partial charge in [0, 0.05) is 10.0 Å². The maximum absolute atomic E-state index is 12.2. The summed E-state index contributed by atoms with van der Waals surface area (Å²) in [6, 6.07) is 4.53. The quantitative estimate of drug-likeness (QED) is 0.448. The third kappa shape index (κ3) is 5.71. The number of hydrogen-bond acceptors (Lipinski definition) is 4. The molecule has 0 bridgehead atoms. The first kappa shape index (κ1) is 18.6. The number of benzene rings is 1. The molecule has 1 amide bonds. The van der Waals surface area contributed by atoms with Crippen molar-refractivity contribution in [2.45, 2.75) is 13.3 Å². The van der Waals surface area contributed by atoms with E-state index in [4.69, 9.17) is 0 Å². The number of rotatable bonds is 6. The van der Waals surface area contributed by atoms with Crippen LogP contribution in [0.5, 0.6) is 0 Å². The average Bonchev–Trinajstić information content (AvgIpc) is 2.52. The van der Waals surface area contributed by atoms with E-state index in [0.717, 1.165) is 0 Å². The lowest BCUT2D eigenvalue weighted by atomic mass is 10.1. The number of halogens is 1. The molecule has 122 valence electrons. The predicted octanol–water partition coefficient (Wildman–Crippen LogP) is 3.15. The number of nitrogens with one attached hydrogen (secondary N) is 1. The van der Waals surface area contributed by atoms with Crippen LogP contribution in [-0.2, 0) is 14.3 Å². The number of methoxy groups -OCH3 is 1. The Morgan fingerprint density at radius 1 is 1.35 bits per heavy atom. The molecule has 0 fully saturated rings. The molecule has 7 heteroatoms. The molecule has 0 aliphatic heterocycles. The van der Waals surface area contributed by atoms with Crippen molar-refractivity contribution in [2.24, 2.45) is 0 Å². The molecule has 1 rings (SSSR count). The number of aromatic carboxylic acids is 1. The van der Waals surface area contributed by atoms with Crippen LogP contribution in [0.3, 0.4) is 0 Å². The highest BCUT2D eigenvalue weighted by molar-refractivity contribution is 9.10. The Hall–Kier alpha value is -2.41. The van der Waals surface area contributed by atoms with Crippen molar-refractivity contribution in [3.05, 3.63) is 52.0 Å². The first-order valence-electron chi connectivity index (χ1n) is 6.63. The Balaban J connectivity index is 2.89. The van der Waals surface area contributed by atoms with Crippen LogP contribution in [0.2, 0.25) is 0 Å². The van der Waals surface area contributed by atoms with Gasteiger partial charge < -0.3 is 15.2 Å². The summed E-state index contributed by atoms with van der Waals surface area (Å²) in [7, 11) is 1.28. The van der Waals surface area contributed by atoms with Crippen LogP contribution in [0.15, 0.2) is 46.5 Å². The zero-order valence-electron chi connectivity index (χ0n) is 12.6. The van der Waals surface area contributed by atoms with Crippen molar-refractivity contribution in [1.82, 2.24) is 0 Å². The average molecular weight is 382 g/mol. The van der Waals surface area contributed by atoms with E-state index in [9.17, 15) is 19.5 Å². The third-order valence-electron chi connectivity index (χ3n) is 2.84. The number of allylic oxidation sites excluding steroid dienone is 1. The summed E-state index contributed by atoms with van der Waals surface area (Å²) < 4.78 is 5.09. The fourth-order valence-electron chi connectivity index (χ4n) is 1.67. The highest BCUT2D eigenvalue weighted by Crippen LogP contribution is 2.21. The molecule has 0 saturated heterocycles. The monoisotopic (exact) mass is 381 g/mol. The summed E-state index contributed by atoms with van der Waals surface area (Å²) in [6.07, 6.45) is 4.58. The zero-order chi connectivity index (χ0) is 17.4. The zero-order valence-corrected chi connectivity index (χ0v) is 14.2. The summed E-state index contributed by atoms with van der Waals surface area (Å²) in [4.78, 5) is 34.5. The van der Waals surface area contributed by atoms with E-state index in [1.165, 1.54) is 31.4 Å². The highest BCUT2D eigenvalue weighted by Gasteiger charge is 2.14. The minimum absolute atomic E-state index is 0.0262. The number of carboxylic acid groups (broad SMARTS) is 1. The molecule has 0 aliphatic carbocycles. The smallest absolute Gasteiger partial charge is 0.337 e. The summed E-state index contributed by atoms with van der Waals surface area (Å²) in [5, 5.41) is 11.7. The molecule has 0 unspecified atom stereocenters. The van der Waals surface area contributed by atoms with Crippen molar-refractivity contribution in [3.63, 3.8) is 0 Å². The molecule has 0 aromatic heterocycles. The maximum Gasteiger partial charge on any atom is 0.337 e. The first-order chi connectivity index (χ1) is 10.9.